The molecule has 1 amide bonds. The number of rotatable bonds is 8. The van der Waals surface area contributed by atoms with Crippen LogP contribution in [0, 0.1) is 0 Å². The Hall–Kier alpha value is -2.47. The van der Waals surface area contributed by atoms with E-state index in [9.17, 15) is 9.59 Å². The average Bonchev–Trinajstić information content (AvgIpc) is 2.63. The van der Waals surface area contributed by atoms with Crippen molar-refractivity contribution in [1.29, 1.82) is 0 Å². The van der Waals surface area contributed by atoms with Gasteiger partial charge >= 0.3 is 5.97 Å². The molecule has 0 bridgehead atoms. The topological polar surface area (TPSA) is 64.6 Å². The molecule has 0 aromatic heterocycles. The summed E-state index contributed by atoms with van der Waals surface area (Å²) in [5.74, 6) is 1.32. The highest BCUT2D eigenvalue weighted by molar-refractivity contribution is 7.99. The Labute approximate surface area is 151 Å². The number of anilines is 1. The molecule has 0 spiro atoms. The molecule has 2 rings (SSSR count). The van der Waals surface area contributed by atoms with Gasteiger partial charge in [0.15, 0.2) is 0 Å². The molecule has 2 aromatic rings. The summed E-state index contributed by atoms with van der Waals surface area (Å²) >= 11 is 1.48. The minimum absolute atomic E-state index is 0.0710. The monoisotopic (exact) mass is 359 g/mol. The Balaban J connectivity index is 1.79. The normalized spacial score (nSPS) is 10.2. The zero-order valence-corrected chi connectivity index (χ0v) is 15.1. The number of nitrogens with one attached hydrogen (secondary N) is 1. The van der Waals surface area contributed by atoms with Gasteiger partial charge < -0.3 is 14.8 Å². The molecular weight excluding hydrogens is 338 g/mol. The molecule has 0 heterocycles. The molecule has 0 aliphatic heterocycles. The predicted molar refractivity (Wildman–Crippen MR) is 100 cm³/mol. The number of methoxy groups -OCH3 is 1. The molecule has 0 aliphatic rings. The number of hydrogen-bond donors (Lipinski definition) is 1. The van der Waals surface area contributed by atoms with Crippen molar-refractivity contribution in [3.8, 4) is 5.75 Å². The van der Waals surface area contributed by atoms with Gasteiger partial charge in [-0.15, -0.1) is 11.8 Å². The standard InChI is InChI=1S/C19H21NO4S/c1-3-24-17-9-7-16(8-10-17)20-18(21)13-25-12-14-5-4-6-15(11-14)19(22)23-2/h4-11H,3,12-13H2,1-2H3,(H,20,21). The number of carbonyl (C=O) groups is 2. The maximum Gasteiger partial charge on any atom is 0.337 e. The molecule has 0 saturated heterocycles. The summed E-state index contributed by atoms with van der Waals surface area (Å²) in [5.41, 5.74) is 2.22. The number of carbonyl (C=O) groups excluding carboxylic acids is 2. The van der Waals surface area contributed by atoms with E-state index in [1.807, 2.05) is 43.3 Å². The third-order valence-corrected chi connectivity index (χ3v) is 4.30. The molecule has 2 aromatic carbocycles. The fraction of sp³-hybridized carbons (Fsp3) is 0.263. The Kier molecular flexibility index (Phi) is 7.35. The highest BCUT2D eigenvalue weighted by atomic mass is 32.2. The van der Waals surface area contributed by atoms with Crippen molar-refractivity contribution < 1.29 is 19.1 Å². The summed E-state index contributed by atoms with van der Waals surface area (Å²) in [4.78, 5) is 23.5. The zero-order valence-electron chi connectivity index (χ0n) is 14.3. The van der Waals surface area contributed by atoms with Crippen LogP contribution in [-0.4, -0.2) is 31.3 Å². The number of thioether (sulfide) groups is 1. The molecule has 132 valence electrons. The molecule has 6 heteroatoms. The van der Waals surface area contributed by atoms with Gasteiger partial charge in [-0.2, -0.15) is 0 Å². The first-order valence-electron chi connectivity index (χ1n) is 7.90. The third kappa shape index (κ3) is 6.15. The van der Waals surface area contributed by atoms with E-state index in [1.165, 1.54) is 18.9 Å². The second kappa shape index (κ2) is 9.74. The highest BCUT2D eigenvalue weighted by Gasteiger charge is 2.07. The zero-order chi connectivity index (χ0) is 18.1. The molecule has 0 unspecified atom stereocenters. The van der Waals surface area contributed by atoms with Crippen molar-refractivity contribution in [1.82, 2.24) is 0 Å². The molecule has 0 aliphatic carbocycles. The summed E-state index contributed by atoms with van der Waals surface area (Å²) in [6.45, 7) is 2.54. The van der Waals surface area contributed by atoms with Crippen LogP contribution in [0.25, 0.3) is 0 Å². The minimum atomic E-state index is -0.361. The number of amides is 1. The van der Waals surface area contributed by atoms with E-state index < -0.39 is 0 Å². The lowest BCUT2D eigenvalue weighted by molar-refractivity contribution is -0.113. The Morgan fingerprint density at radius 1 is 1.12 bits per heavy atom. The van der Waals surface area contributed by atoms with Crippen molar-refractivity contribution in [2.45, 2.75) is 12.7 Å². The van der Waals surface area contributed by atoms with Crippen LogP contribution in [0.1, 0.15) is 22.8 Å². The summed E-state index contributed by atoms with van der Waals surface area (Å²) < 4.78 is 10.1. The quantitative estimate of drug-likeness (QED) is 0.727. The first-order chi connectivity index (χ1) is 12.1. The minimum Gasteiger partial charge on any atom is -0.494 e. The number of ether oxygens (including phenoxy) is 2. The van der Waals surface area contributed by atoms with E-state index in [0.29, 0.717) is 23.7 Å². The largest absolute Gasteiger partial charge is 0.494 e. The SMILES string of the molecule is CCOc1ccc(NC(=O)CSCc2cccc(C(=O)OC)c2)cc1. The molecule has 0 fully saturated rings. The lowest BCUT2D eigenvalue weighted by atomic mass is 10.1. The molecular formula is C19H21NO4S. The number of esters is 1. The fourth-order valence-corrected chi connectivity index (χ4v) is 2.94. The van der Waals surface area contributed by atoms with Crippen LogP contribution in [0.2, 0.25) is 0 Å². The second-order valence-electron chi connectivity index (χ2n) is 5.19. The van der Waals surface area contributed by atoms with E-state index in [-0.39, 0.29) is 11.9 Å². The highest BCUT2D eigenvalue weighted by Crippen LogP contribution is 2.17. The van der Waals surface area contributed by atoms with Crippen LogP contribution < -0.4 is 10.1 Å². The Morgan fingerprint density at radius 2 is 1.88 bits per heavy atom. The van der Waals surface area contributed by atoms with Crippen molar-refractivity contribution in [2.24, 2.45) is 0 Å². The summed E-state index contributed by atoms with van der Waals surface area (Å²) in [6, 6.07) is 14.5. The first kappa shape index (κ1) is 18.9. The van der Waals surface area contributed by atoms with E-state index in [4.69, 9.17) is 9.47 Å². The van der Waals surface area contributed by atoms with Crippen LogP contribution in [-0.2, 0) is 15.3 Å². The van der Waals surface area contributed by atoms with Crippen LogP contribution in [0.15, 0.2) is 48.5 Å². The van der Waals surface area contributed by atoms with E-state index in [2.05, 4.69) is 5.32 Å². The van der Waals surface area contributed by atoms with E-state index >= 15 is 0 Å². The van der Waals surface area contributed by atoms with Crippen LogP contribution in [0.4, 0.5) is 5.69 Å². The van der Waals surface area contributed by atoms with Gasteiger partial charge in [-0.3, -0.25) is 4.79 Å². The van der Waals surface area contributed by atoms with Crippen LogP contribution >= 0.6 is 11.8 Å². The Bertz CT molecular complexity index is 716. The van der Waals surface area contributed by atoms with Crippen LogP contribution in [0.5, 0.6) is 5.75 Å². The van der Waals surface area contributed by atoms with E-state index in [1.54, 1.807) is 12.1 Å². The molecule has 0 radical (unpaired) electrons. The first-order valence-corrected chi connectivity index (χ1v) is 9.05. The molecule has 0 atom stereocenters. The van der Waals surface area contributed by atoms with Gasteiger partial charge in [0.2, 0.25) is 5.91 Å². The lowest BCUT2D eigenvalue weighted by Gasteiger charge is -2.07. The summed E-state index contributed by atoms with van der Waals surface area (Å²) in [7, 11) is 1.36. The van der Waals surface area contributed by atoms with Crippen molar-refractivity contribution in [3.63, 3.8) is 0 Å². The Morgan fingerprint density at radius 3 is 2.56 bits per heavy atom. The van der Waals surface area contributed by atoms with Crippen molar-refractivity contribution in [3.05, 3.63) is 59.7 Å². The smallest absolute Gasteiger partial charge is 0.337 e. The van der Waals surface area contributed by atoms with Gasteiger partial charge in [-0.05, 0) is 48.9 Å². The van der Waals surface area contributed by atoms with E-state index in [0.717, 1.165) is 17.0 Å². The third-order valence-electron chi connectivity index (χ3n) is 3.30. The van der Waals surface area contributed by atoms with Crippen molar-refractivity contribution >= 4 is 29.3 Å². The van der Waals surface area contributed by atoms with Crippen molar-refractivity contribution in [2.75, 3.05) is 24.8 Å². The number of hydrogen-bond acceptors (Lipinski definition) is 5. The second-order valence-corrected chi connectivity index (χ2v) is 6.18. The predicted octanol–water partition coefficient (Wildman–Crippen LogP) is 3.74. The summed E-state index contributed by atoms with van der Waals surface area (Å²) in [5, 5.41) is 2.85. The summed E-state index contributed by atoms with van der Waals surface area (Å²) in [6.07, 6.45) is 0. The van der Waals surface area contributed by atoms with Crippen LogP contribution in [0.3, 0.4) is 0 Å². The molecule has 25 heavy (non-hydrogen) atoms. The molecule has 0 saturated carbocycles. The van der Waals surface area contributed by atoms with Gasteiger partial charge in [0, 0.05) is 11.4 Å². The maximum absolute atomic E-state index is 12.0. The van der Waals surface area contributed by atoms with Gasteiger partial charge in [-0.25, -0.2) is 4.79 Å². The molecule has 5 nitrogen and oxygen atoms in total. The number of benzene rings is 2. The van der Waals surface area contributed by atoms with Gasteiger partial charge in [0.25, 0.3) is 0 Å². The maximum atomic E-state index is 12.0. The average molecular weight is 359 g/mol. The van der Waals surface area contributed by atoms with Gasteiger partial charge in [0.1, 0.15) is 5.75 Å². The fourth-order valence-electron chi connectivity index (χ4n) is 2.17. The lowest BCUT2D eigenvalue weighted by Crippen LogP contribution is -2.14. The van der Waals surface area contributed by atoms with Gasteiger partial charge in [-0.1, -0.05) is 12.1 Å². The van der Waals surface area contributed by atoms with Gasteiger partial charge in [0.05, 0.1) is 25.0 Å². The molecule has 1 N–H and O–H groups in total.